The lowest BCUT2D eigenvalue weighted by atomic mass is 9.91. The number of nitrogens with one attached hydrogen (secondary N) is 2. The fourth-order valence-corrected chi connectivity index (χ4v) is 3.27. The van der Waals surface area contributed by atoms with Gasteiger partial charge in [-0.3, -0.25) is 0 Å². The fourth-order valence-electron chi connectivity index (χ4n) is 2.54. The van der Waals surface area contributed by atoms with Gasteiger partial charge in [-0.25, -0.2) is 23.1 Å². The summed E-state index contributed by atoms with van der Waals surface area (Å²) < 4.78 is 26.0. The van der Waals surface area contributed by atoms with Crippen molar-refractivity contribution in [1.29, 1.82) is 0 Å². The number of anilines is 1. The first kappa shape index (κ1) is 21.3. The highest BCUT2D eigenvalue weighted by Crippen LogP contribution is 2.26. The van der Waals surface area contributed by atoms with Crippen molar-refractivity contribution >= 4 is 15.8 Å². The number of rotatable bonds is 6. The van der Waals surface area contributed by atoms with Crippen LogP contribution in [0.1, 0.15) is 70.6 Å². The van der Waals surface area contributed by atoms with Crippen LogP contribution in [0.3, 0.4) is 0 Å². The van der Waals surface area contributed by atoms with Crippen LogP contribution in [0.4, 0.5) is 5.82 Å². The Morgan fingerprint density at radius 3 is 2.07 bits per heavy atom. The van der Waals surface area contributed by atoms with Crippen LogP contribution in [0.5, 0.6) is 0 Å². The smallest absolute Gasteiger partial charge is 0.240 e. The van der Waals surface area contributed by atoms with E-state index in [-0.39, 0.29) is 22.3 Å². The van der Waals surface area contributed by atoms with Gasteiger partial charge in [-0.05, 0) is 31.7 Å². The largest absolute Gasteiger partial charge is 0.363 e. The molecule has 0 aliphatic heterocycles. The highest BCUT2D eigenvalue weighted by Gasteiger charge is 2.20. The summed E-state index contributed by atoms with van der Waals surface area (Å²) in [5, 5.41) is 3.42. The molecule has 27 heavy (non-hydrogen) atoms. The molecule has 0 amide bonds. The van der Waals surface area contributed by atoms with Crippen LogP contribution in [-0.2, 0) is 15.4 Å². The van der Waals surface area contributed by atoms with E-state index in [0.717, 1.165) is 22.9 Å². The Kier molecular flexibility index (Phi) is 6.27. The summed E-state index contributed by atoms with van der Waals surface area (Å²) in [6.07, 6.45) is 0. The molecule has 0 aliphatic rings. The quantitative estimate of drug-likeness (QED) is 0.779. The van der Waals surface area contributed by atoms with Crippen molar-refractivity contribution in [1.82, 2.24) is 14.7 Å². The molecule has 148 valence electrons. The number of nitrogens with zero attached hydrogens (tertiary/aromatic N) is 2. The summed E-state index contributed by atoms with van der Waals surface area (Å²) in [6, 6.07) is 8.81. The van der Waals surface area contributed by atoms with Gasteiger partial charge in [0.05, 0.1) is 10.6 Å². The number of hydrogen-bond donors (Lipinski definition) is 2. The van der Waals surface area contributed by atoms with Gasteiger partial charge in [-0.15, -0.1) is 0 Å². The van der Waals surface area contributed by atoms with Crippen molar-refractivity contribution in [3.05, 3.63) is 47.4 Å². The van der Waals surface area contributed by atoms with Crippen LogP contribution in [0.2, 0.25) is 0 Å². The maximum atomic E-state index is 11.9. The van der Waals surface area contributed by atoms with E-state index in [4.69, 9.17) is 4.98 Å². The Balaban J connectivity index is 2.29. The maximum absolute atomic E-state index is 11.9. The monoisotopic (exact) mass is 390 g/mol. The number of hydrogen-bond acceptors (Lipinski definition) is 5. The summed E-state index contributed by atoms with van der Waals surface area (Å²) in [7, 11) is -2.02. The van der Waals surface area contributed by atoms with Crippen LogP contribution < -0.4 is 10.0 Å². The molecule has 1 heterocycles. The average Bonchev–Trinajstić information content (AvgIpc) is 2.60. The summed E-state index contributed by atoms with van der Waals surface area (Å²) >= 11 is 0. The van der Waals surface area contributed by atoms with Crippen LogP contribution in [0.25, 0.3) is 0 Å². The summed E-state index contributed by atoms with van der Waals surface area (Å²) in [5.41, 5.74) is 1.90. The molecule has 0 radical (unpaired) electrons. The Bertz CT molecular complexity index is 885. The molecule has 0 saturated carbocycles. The topological polar surface area (TPSA) is 84.0 Å². The first-order valence-corrected chi connectivity index (χ1v) is 10.6. The van der Waals surface area contributed by atoms with Crippen molar-refractivity contribution in [3.63, 3.8) is 0 Å². The predicted molar refractivity (Wildman–Crippen MR) is 110 cm³/mol. The van der Waals surface area contributed by atoms with Gasteiger partial charge < -0.3 is 5.32 Å². The fraction of sp³-hybridized carbons (Fsp3) is 0.500. The van der Waals surface area contributed by atoms with E-state index in [2.05, 4.69) is 49.6 Å². The third-order valence-corrected chi connectivity index (χ3v) is 5.78. The number of aromatic nitrogens is 2. The molecule has 1 unspecified atom stereocenters. The van der Waals surface area contributed by atoms with Crippen LogP contribution >= 0.6 is 0 Å². The molecule has 0 aliphatic carbocycles. The summed E-state index contributed by atoms with van der Waals surface area (Å²) in [5.74, 6) is 1.82. The summed E-state index contributed by atoms with van der Waals surface area (Å²) in [4.78, 5) is 9.61. The molecule has 0 spiro atoms. The molecule has 2 rings (SSSR count). The number of sulfonamides is 1. The van der Waals surface area contributed by atoms with E-state index in [0.29, 0.717) is 0 Å². The second-order valence-electron chi connectivity index (χ2n) is 8.04. The van der Waals surface area contributed by atoms with E-state index in [9.17, 15) is 8.42 Å². The second kappa shape index (κ2) is 7.94. The molecule has 1 atom stereocenters. The van der Waals surface area contributed by atoms with Crippen LogP contribution in [0, 0.1) is 0 Å². The first-order valence-electron chi connectivity index (χ1n) is 9.13. The van der Waals surface area contributed by atoms with Crippen LogP contribution in [-0.4, -0.2) is 25.4 Å². The molecular formula is C20H30N4O2S. The van der Waals surface area contributed by atoms with Gasteiger partial charge in [-0.2, -0.15) is 0 Å². The zero-order valence-corrected chi connectivity index (χ0v) is 18.0. The average molecular weight is 391 g/mol. The van der Waals surface area contributed by atoms with E-state index >= 15 is 0 Å². The van der Waals surface area contributed by atoms with E-state index in [1.165, 1.54) is 7.05 Å². The van der Waals surface area contributed by atoms with E-state index in [1.54, 1.807) is 12.1 Å². The maximum Gasteiger partial charge on any atom is 0.240 e. The minimum Gasteiger partial charge on any atom is -0.363 e. The molecule has 1 aromatic carbocycles. The molecule has 2 N–H and O–H groups in total. The predicted octanol–water partition coefficient (Wildman–Crippen LogP) is 3.98. The van der Waals surface area contributed by atoms with Crippen molar-refractivity contribution in [2.45, 2.75) is 63.8 Å². The molecular weight excluding hydrogens is 360 g/mol. The molecule has 7 heteroatoms. The lowest BCUT2D eigenvalue weighted by Crippen LogP contribution is -2.19. The standard InChI is InChI=1S/C20H30N4O2S/c1-13(2)19-23-17(20(4,5)6)12-18(24-19)22-14(3)15-8-10-16(11-9-15)27(25,26)21-7/h8-14,21H,1-7H3,(H,22,23,24). The molecule has 0 saturated heterocycles. The molecule has 0 fully saturated rings. The molecule has 0 bridgehead atoms. The lowest BCUT2D eigenvalue weighted by molar-refractivity contribution is 0.558. The van der Waals surface area contributed by atoms with Crippen molar-refractivity contribution in [3.8, 4) is 0 Å². The van der Waals surface area contributed by atoms with Gasteiger partial charge in [0.15, 0.2) is 0 Å². The Labute approximate surface area is 162 Å². The zero-order valence-electron chi connectivity index (χ0n) is 17.2. The highest BCUT2D eigenvalue weighted by atomic mass is 32.2. The second-order valence-corrected chi connectivity index (χ2v) is 9.93. The summed E-state index contributed by atoms with van der Waals surface area (Å²) in [6.45, 7) is 12.6. The molecule has 6 nitrogen and oxygen atoms in total. The normalized spacial score (nSPS) is 13.6. The van der Waals surface area contributed by atoms with Gasteiger partial charge >= 0.3 is 0 Å². The van der Waals surface area contributed by atoms with Crippen molar-refractivity contribution in [2.75, 3.05) is 12.4 Å². The van der Waals surface area contributed by atoms with Gasteiger partial charge in [0, 0.05) is 23.4 Å². The third-order valence-electron chi connectivity index (χ3n) is 4.35. The SMILES string of the molecule is CNS(=O)(=O)c1ccc(C(C)Nc2cc(C(C)(C)C)nc(C(C)C)n2)cc1. The highest BCUT2D eigenvalue weighted by molar-refractivity contribution is 7.89. The Morgan fingerprint density at radius 2 is 1.59 bits per heavy atom. The van der Waals surface area contributed by atoms with Gasteiger partial charge in [-0.1, -0.05) is 46.8 Å². The van der Waals surface area contributed by atoms with E-state index < -0.39 is 10.0 Å². The molecule has 2 aromatic rings. The van der Waals surface area contributed by atoms with Gasteiger partial charge in [0.25, 0.3) is 0 Å². The zero-order chi connectivity index (χ0) is 20.4. The minimum absolute atomic E-state index is 0.0286. The minimum atomic E-state index is -3.43. The number of benzene rings is 1. The van der Waals surface area contributed by atoms with Crippen LogP contribution in [0.15, 0.2) is 35.2 Å². The third kappa shape index (κ3) is 5.26. The molecule has 1 aromatic heterocycles. The van der Waals surface area contributed by atoms with Crippen molar-refractivity contribution < 1.29 is 8.42 Å². The first-order chi connectivity index (χ1) is 12.4. The van der Waals surface area contributed by atoms with Crippen molar-refractivity contribution in [2.24, 2.45) is 0 Å². The Hall–Kier alpha value is -1.99. The lowest BCUT2D eigenvalue weighted by Gasteiger charge is -2.22. The van der Waals surface area contributed by atoms with E-state index in [1.807, 2.05) is 25.1 Å². The Morgan fingerprint density at radius 1 is 1.00 bits per heavy atom. The van der Waals surface area contributed by atoms with Gasteiger partial charge in [0.1, 0.15) is 11.6 Å². The van der Waals surface area contributed by atoms with Gasteiger partial charge in [0.2, 0.25) is 10.0 Å².